The van der Waals surface area contributed by atoms with E-state index < -0.39 is 22.2 Å². The molecule has 0 bridgehead atoms. The van der Waals surface area contributed by atoms with Crippen molar-refractivity contribution in [1.29, 1.82) is 0 Å². The number of hydrogen-bond donors (Lipinski definition) is 2. The smallest absolute Gasteiger partial charge is 0.258 e. The Hall–Kier alpha value is -4.00. The van der Waals surface area contributed by atoms with Gasteiger partial charge in [-0.05, 0) is 61.5 Å². The maximum Gasteiger partial charge on any atom is 0.258 e. The maximum atomic E-state index is 13.7. The van der Waals surface area contributed by atoms with Gasteiger partial charge in [0.15, 0.2) is 0 Å². The van der Waals surface area contributed by atoms with Crippen LogP contribution in [0.2, 0.25) is 0 Å². The molecule has 2 heterocycles. The number of amides is 2. The second kappa shape index (κ2) is 12.7. The quantitative estimate of drug-likeness (QED) is 0.393. The number of ether oxygens (including phenoxy) is 2. The molecule has 4 rings (SSSR count). The van der Waals surface area contributed by atoms with E-state index in [-0.39, 0.29) is 53.6 Å². The molecule has 2 N–H and O–H groups in total. The van der Waals surface area contributed by atoms with E-state index in [0.717, 1.165) is 0 Å². The standard InChI is InChI=1S/C29H34N4O7S/c1-19-16-33(20(2)18-34)29(36)25-15-22(31-28(35)21-11-13-30-14-12-21)5-10-26(25)40-27(19)17-32(3)41(37,38)24-8-6-23(39-4)7-9-24/h5-15,19-20,27,34H,16-18H2,1-4H3,(H,31,35)/t19-,20-,27+/m1/s1. The van der Waals surface area contributed by atoms with Crippen LogP contribution in [0, 0.1) is 5.92 Å². The first-order chi connectivity index (χ1) is 19.5. The highest BCUT2D eigenvalue weighted by Crippen LogP contribution is 2.31. The Bertz CT molecular complexity index is 1480. The summed E-state index contributed by atoms with van der Waals surface area (Å²) in [6.07, 6.45) is 2.38. The Labute approximate surface area is 239 Å². The number of carbonyl (C=O) groups excluding carboxylic acids is 2. The Balaban J connectivity index is 1.64. The highest BCUT2D eigenvalue weighted by Gasteiger charge is 2.35. The van der Waals surface area contributed by atoms with Gasteiger partial charge in [0.2, 0.25) is 10.0 Å². The number of fused-ring (bicyclic) bond motifs is 1. The number of rotatable bonds is 9. The Morgan fingerprint density at radius 1 is 1.20 bits per heavy atom. The highest BCUT2D eigenvalue weighted by atomic mass is 32.2. The third-order valence-corrected chi connectivity index (χ3v) is 8.91. The molecular weight excluding hydrogens is 548 g/mol. The summed E-state index contributed by atoms with van der Waals surface area (Å²) in [5.74, 6) is -0.242. The first kappa shape index (κ1) is 30.0. The minimum Gasteiger partial charge on any atom is -0.497 e. The van der Waals surface area contributed by atoms with Gasteiger partial charge < -0.3 is 24.8 Å². The van der Waals surface area contributed by atoms with E-state index in [1.54, 1.807) is 48.2 Å². The summed E-state index contributed by atoms with van der Waals surface area (Å²) in [5.41, 5.74) is 0.971. The van der Waals surface area contributed by atoms with Gasteiger partial charge in [0.1, 0.15) is 17.6 Å². The summed E-state index contributed by atoms with van der Waals surface area (Å²) in [7, 11) is -0.869. The van der Waals surface area contributed by atoms with Gasteiger partial charge >= 0.3 is 0 Å². The fraction of sp³-hybridized carbons (Fsp3) is 0.345. The van der Waals surface area contributed by atoms with Crippen LogP contribution in [-0.4, -0.2) is 85.5 Å². The van der Waals surface area contributed by atoms with Crippen molar-refractivity contribution in [1.82, 2.24) is 14.2 Å². The molecule has 0 saturated heterocycles. The lowest BCUT2D eigenvalue weighted by Crippen LogP contribution is -2.50. The van der Waals surface area contributed by atoms with Crippen LogP contribution in [0.3, 0.4) is 0 Å². The van der Waals surface area contributed by atoms with Crippen molar-refractivity contribution in [3.05, 3.63) is 78.1 Å². The first-order valence-electron chi connectivity index (χ1n) is 13.1. The number of aromatic nitrogens is 1. The molecule has 0 aliphatic carbocycles. The number of likely N-dealkylation sites (N-methyl/N-ethyl adjacent to an activating group) is 1. The molecule has 3 aromatic rings. The predicted molar refractivity (Wildman–Crippen MR) is 153 cm³/mol. The topological polar surface area (TPSA) is 138 Å². The summed E-state index contributed by atoms with van der Waals surface area (Å²) in [6, 6.07) is 13.5. The fourth-order valence-electron chi connectivity index (χ4n) is 4.50. The Morgan fingerprint density at radius 2 is 1.88 bits per heavy atom. The molecule has 0 saturated carbocycles. The maximum absolute atomic E-state index is 13.7. The average molecular weight is 583 g/mol. The minimum absolute atomic E-state index is 0.00500. The van der Waals surface area contributed by atoms with Gasteiger partial charge in [-0.15, -0.1) is 0 Å². The zero-order valence-corrected chi connectivity index (χ0v) is 24.2. The molecule has 41 heavy (non-hydrogen) atoms. The number of hydrogen-bond acceptors (Lipinski definition) is 8. The van der Waals surface area contributed by atoms with Crippen molar-refractivity contribution in [3.8, 4) is 11.5 Å². The van der Waals surface area contributed by atoms with E-state index in [4.69, 9.17) is 9.47 Å². The SMILES string of the molecule is COc1ccc(S(=O)(=O)N(C)C[C@@H]2Oc3ccc(NC(=O)c4ccncc4)cc3C(=O)N([C@H](C)CO)C[C@H]2C)cc1. The van der Waals surface area contributed by atoms with E-state index in [1.807, 2.05) is 6.92 Å². The highest BCUT2D eigenvalue weighted by molar-refractivity contribution is 7.89. The van der Waals surface area contributed by atoms with Crippen LogP contribution in [0.15, 0.2) is 71.9 Å². The molecule has 1 aromatic heterocycles. The molecule has 0 spiro atoms. The second-order valence-electron chi connectivity index (χ2n) is 9.98. The van der Waals surface area contributed by atoms with E-state index in [0.29, 0.717) is 17.0 Å². The molecule has 11 nitrogen and oxygen atoms in total. The lowest BCUT2D eigenvalue weighted by molar-refractivity contribution is 0.0387. The van der Waals surface area contributed by atoms with Crippen LogP contribution in [0.5, 0.6) is 11.5 Å². The molecule has 0 unspecified atom stereocenters. The molecule has 1 aliphatic heterocycles. The van der Waals surface area contributed by atoms with Crippen LogP contribution in [0.4, 0.5) is 5.69 Å². The third-order valence-electron chi connectivity index (χ3n) is 7.07. The fourth-order valence-corrected chi connectivity index (χ4v) is 5.69. The van der Waals surface area contributed by atoms with E-state index in [9.17, 15) is 23.1 Å². The summed E-state index contributed by atoms with van der Waals surface area (Å²) < 4.78 is 39.3. The summed E-state index contributed by atoms with van der Waals surface area (Å²) in [5, 5.41) is 12.7. The predicted octanol–water partition coefficient (Wildman–Crippen LogP) is 2.88. The largest absolute Gasteiger partial charge is 0.497 e. The van der Waals surface area contributed by atoms with Crippen LogP contribution in [0.1, 0.15) is 34.6 Å². The van der Waals surface area contributed by atoms with Gasteiger partial charge in [0.25, 0.3) is 11.8 Å². The van der Waals surface area contributed by atoms with Gasteiger partial charge in [-0.25, -0.2) is 8.42 Å². The molecular formula is C29H34N4O7S. The van der Waals surface area contributed by atoms with Crippen molar-refractivity contribution in [2.45, 2.75) is 30.9 Å². The number of aliphatic hydroxyl groups excluding tert-OH is 1. The monoisotopic (exact) mass is 582 g/mol. The van der Waals surface area contributed by atoms with Crippen LogP contribution >= 0.6 is 0 Å². The second-order valence-corrected chi connectivity index (χ2v) is 12.0. The van der Waals surface area contributed by atoms with Crippen molar-refractivity contribution >= 4 is 27.5 Å². The third kappa shape index (κ3) is 6.67. The zero-order chi connectivity index (χ0) is 29.7. The molecule has 2 aromatic carbocycles. The van der Waals surface area contributed by atoms with E-state index in [2.05, 4.69) is 10.3 Å². The van der Waals surface area contributed by atoms with E-state index in [1.165, 1.54) is 49.1 Å². The molecule has 0 fully saturated rings. The van der Waals surface area contributed by atoms with Gasteiger partial charge in [-0.1, -0.05) is 6.92 Å². The molecule has 2 amide bonds. The summed E-state index contributed by atoms with van der Waals surface area (Å²) >= 11 is 0. The molecule has 218 valence electrons. The number of pyridine rings is 1. The Morgan fingerprint density at radius 3 is 2.51 bits per heavy atom. The lowest BCUT2D eigenvalue weighted by Gasteiger charge is -2.38. The van der Waals surface area contributed by atoms with E-state index >= 15 is 0 Å². The average Bonchev–Trinajstić information content (AvgIpc) is 2.99. The number of aliphatic hydroxyl groups is 1. The lowest BCUT2D eigenvalue weighted by atomic mass is 9.99. The van der Waals surface area contributed by atoms with Gasteiger partial charge in [0, 0.05) is 43.2 Å². The normalized spacial score (nSPS) is 18.1. The summed E-state index contributed by atoms with van der Waals surface area (Å²) in [4.78, 5) is 31.9. The number of methoxy groups -OCH3 is 1. The number of nitrogens with zero attached hydrogens (tertiary/aromatic N) is 3. The first-order valence-corrected chi connectivity index (χ1v) is 14.5. The van der Waals surface area contributed by atoms with Crippen LogP contribution < -0.4 is 14.8 Å². The molecule has 12 heteroatoms. The van der Waals surface area contributed by atoms with Gasteiger partial charge in [-0.3, -0.25) is 14.6 Å². The minimum atomic E-state index is -3.85. The Kier molecular flexibility index (Phi) is 9.26. The number of carbonyl (C=O) groups is 2. The van der Waals surface area contributed by atoms with Crippen LogP contribution in [-0.2, 0) is 10.0 Å². The van der Waals surface area contributed by atoms with Crippen molar-refractivity contribution in [2.75, 3.05) is 39.2 Å². The number of anilines is 1. The molecule has 1 aliphatic rings. The molecule has 0 radical (unpaired) electrons. The van der Waals surface area contributed by atoms with Gasteiger partial charge in [0.05, 0.1) is 36.8 Å². The summed E-state index contributed by atoms with van der Waals surface area (Å²) in [6.45, 7) is 3.57. The zero-order valence-electron chi connectivity index (χ0n) is 23.4. The number of sulfonamides is 1. The number of benzene rings is 2. The van der Waals surface area contributed by atoms with Crippen molar-refractivity contribution in [2.24, 2.45) is 5.92 Å². The number of nitrogens with one attached hydrogen (secondary N) is 1. The van der Waals surface area contributed by atoms with Crippen molar-refractivity contribution in [3.63, 3.8) is 0 Å². The van der Waals surface area contributed by atoms with Crippen molar-refractivity contribution < 1.29 is 32.6 Å². The molecule has 3 atom stereocenters. The van der Waals surface area contributed by atoms with Gasteiger partial charge in [-0.2, -0.15) is 4.31 Å². The van der Waals surface area contributed by atoms with Crippen LogP contribution in [0.25, 0.3) is 0 Å².